The van der Waals surface area contributed by atoms with Crippen LogP contribution in [0.25, 0.3) is 0 Å². The molecule has 2 rings (SSSR count). The summed E-state index contributed by atoms with van der Waals surface area (Å²) in [7, 11) is -2.14. The number of sulfonamides is 1. The molecule has 118 valence electrons. The molecule has 1 amide bonds. The van der Waals surface area contributed by atoms with Crippen LogP contribution >= 0.6 is 15.9 Å². The number of carbonyl (C=O) groups is 1. The molecule has 11 heteroatoms. The minimum Gasteiger partial charge on any atom is -0.369 e. The Balaban J connectivity index is 2.17. The number of hydrogen-bond acceptors (Lipinski definition) is 6. The Bertz CT molecular complexity index is 611. The van der Waals surface area contributed by atoms with Gasteiger partial charge in [0.2, 0.25) is 10.9 Å². The molecule has 1 aromatic heterocycles. The Morgan fingerprint density at radius 2 is 2.05 bits per heavy atom. The maximum Gasteiger partial charge on any atom is 0.263 e. The molecule has 9 nitrogen and oxygen atoms in total. The summed E-state index contributed by atoms with van der Waals surface area (Å²) in [6.45, 7) is 1.93. The number of nitrogens with two attached hydrogens (primary N) is 1. The number of nitrogens with zero attached hydrogens (tertiary/aromatic N) is 5. The summed E-state index contributed by atoms with van der Waals surface area (Å²) in [5, 5.41) is 7.44. The quantitative estimate of drug-likeness (QED) is 0.698. The zero-order chi connectivity index (χ0) is 15.6. The minimum absolute atomic E-state index is 0.0332. The van der Waals surface area contributed by atoms with E-state index in [0.717, 1.165) is 0 Å². The van der Waals surface area contributed by atoms with Crippen LogP contribution in [0.4, 0.5) is 0 Å². The molecule has 2 heterocycles. The number of carbonyl (C=O) groups excluding carboxylic acids is 1. The van der Waals surface area contributed by atoms with Gasteiger partial charge in [-0.1, -0.05) is 5.21 Å². The molecule has 0 bridgehead atoms. The smallest absolute Gasteiger partial charge is 0.263 e. The van der Waals surface area contributed by atoms with Gasteiger partial charge >= 0.3 is 0 Å². The number of aryl methyl sites for hydroxylation is 1. The summed E-state index contributed by atoms with van der Waals surface area (Å²) in [5.41, 5.74) is 5.17. The number of primary amides is 1. The van der Waals surface area contributed by atoms with Crippen molar-refractivity contribution in [2.75, 3.05) is 32.7 Å². The number of hydrogen-bond donors (Lipinski definition) is 1. The van der Waals surface area contributed by atoms with Crippen LogP contribution in [0.1, 0.15) is 6.42 Å². The SMILES string of the molecule is Cn1nnc(Br)c1S(=O)(=O)N1CCCN(CC(N)=O)CC1. The summed E-state index contributed by atoms with van der Waals surface area (Å²) < 4.78 is 28.1. The van der Waals surface area contributed by atoms with Gasteiger partial charge in [0.1, 0.15) is 0 Å². The summed E-state index contributed by atoms with van der Waals surface area (Å²) in [5.74, 6) is -0.412. The van der Waals surface area contributed by atoms with Gasteiger partial charge in [0.05, 0.1) is 6.54 Å². The first-order valence-electron chi connectivity index (χ1n) is 6.38. The lowest BCUT2D eigenvalue weighted by Gasteiger charge is -2.20. The van der Waals surface area contributed by atoms with Gasteiger partial charge in [-0.15, -0.1) is 5.10 Å². The molecule has 1 aliphatic rings. The molecular formula is C10H17BrN6O3S. The number of halogens is 1. The first kappa shape index (κ1) is 16.3. The molecule has 2 N–H and O–H groups in total. The second-order valence-corrected chi connectivity index (χ2v) is 7.41. The highest BCUT2D eigenvalue weighted by atomic mass is 79.9. The van der Waals surface area contributed by atoms with Crippen molar-refractivity contribution in [3.05, 3.63) is 4.60 Å². The normalized spacial score (nSPS) is 18.6. The molecule has 0 atom stereocenters. The van der Waals surface area contributed by atoms with Crippen molar-refractivity contribution in [3.63, 3.8) is 0 Å². The van der Waals surface area contributed by atoms with Gasteiger partial charge in [-0.25, -0.2) is 13.1 Å². The Kier molecular flexibility index (Phi) is 4.96. The topological polar surface area (TPSA) is 114 Å². The highest BCUT2D eigenvalue weighted by Gasteiger charge is 2.32. The second kappa shape index (κ2) is 6.38. The van der Waals surface area contributed by atoms with Gasteiger partial charge in [0, 0.05) is 26.7 Å². The maximum atomic E-state index is 12.7. The highest BCUT2D eigenvalue weighted by Crippen LogP contribution is 2.23. The molecule has 21 heavy (non-hydrogen) atoms. The summed E-state index contributed by atoms with van der Waals surface area (Å²) in [4.78, 5) is 12.8. The van der Waals surface area contributed by atoms with Crippen LogP contribution in [0, 0.1) is 0 Å². The van der Waals surface area contributed by atoms with Gasteiger partial charge in [0.15, 0.2) is 4.60 Å². The third kappa shape index (κ3) is 3.59. The first-order chi connectivity index (χ1) is 9.82. The van der Waals surface area contributed by atoms with Crippen molar-refractivity contribution in [2.24, 2.45) is 12.8 Å². The molecule has 1 aliphatic heterocycles. The fourth-order valence-electron chi connectivity index (χ4n) is 2.29. The Hall–Kier alpha value is -1.04. The number of rotatable bonds is 4. The largest absolute Gasteiger partial charge is 0.369 e. The molecule has 0 unspecified atom stereocenters. The van der Waals surface area contributed by atoms with Crippen LogP contribution in [0.5, 0.6) is 0 Å². The van der Waals surface area contributed by atoms with Gasteiger partial charge in [-0.3, -0.25) is 9.69 Å². The van der Waals surface area contributed by atoms with E-state index in [-0.39, 0.29) is 16.2 Å². The summed E-state index contributed by atoms with van der Waals surface area (Å²) in [6, 6.07) is 0. The van der Waals surface area contributed by atoms with Gasteiger partial charge in [-0.05, 0) is 28.9 Å². The molecule has 0 aromatic carbocycles. The van der Waals surface area contributed by atoms with E-state index >= 15 is 0 Å². The van der Waals surface area contributed by atoms with E-state index in [4.69, 9.17) is 5.73 Å². The Morgan fingerprint density at radius 3 is 2.62 bits per heavy atom. The lowest BCUT2D eigenvalue weighted by molar-refractivity contribution is -0.119. The van der Waals surface area contributed by atoms with Crippen molar-refractivity contribution in [3.8, 4) is 0 Å². The highest BCUT2D eigenvalue weighted by molar-refractivity contribution is 9.10. The number of aromatic nitrogens is 3. The average Bonchev–Trinajstić information content (AvgIpc) is 2.60. The van der Waals surface area contributed by atoms with Crippen LogP contribution in [-0.4, -0.2) is 71.2 Å². The van der Waals surface area contributed by atoms with Crippen molar-refractivity contribution < 1.29 is 13.2 Å². The Morgan fingerprint density at radius 1 is 1.33 bits per heavy atom. The molecule has 0 radical (unpaired) electrons. The van der Waals surface area contributed by atoms with E-state index in [0.29, 0.717) is 32.6 Å². The Labute approximate surface area is 131 Å². The summed E-state index contributed by atoms with van der Waals surface area (Å²) >= 11 is 3.11. The van der Waals surface area contributed by atoms with Crippen LogP contribution in [-0.2, 0) is 21.9 Å². The van der Waals surface area contributed by atoms with Crippen molar-refractivity contribution in [1.82, 2.24) is 24.2 Å². The van der Waals surface area contributed by atoms with Crippen LogP contribution in [0.15, 0.2) is 9.63 Å². The number of amides is 1. The second-order valence-electron chi connectivity index (χ2n) is 4.81. The van der Waals surface area contributed by atoms with Crippen molar-refractivity contribution in [2.45, 2.75) is 11.4 Å². The zero-order valence-electron chi connectivity index (χ0n) is 11.6. The predicted molar refractivity (Wildman–Crippen MR) is 77.7 cm³/mol. The maximum absolute atomic E-state index is 12.7. The molecule has 0 saturated carbocycles. The monoisotopic (exact) mass is 380 g/mol. The first-order valence-corrected chi connectivity index (χ1v) is 8.61. The molecule has 0 spiro atoms. The van der Waals surface area contributed by atoms with E-state index in [1.54, 1.807) is 0 Å². The average molecular weight is 381 g/mol. The third-order valence-corrected chi connectivity index (χ3v) is 6.04. The van der Waals surface area contributed by atoms with E-state index in [9.17, 15) is 13.2 Å². The third-order valence-electron chi connectivity index (χ3n) is 3.25. The van der Waals surface area contributed by atoms with E-state index in [1.165, 1.54) is 16.0 Å². The fraction of sp³-hybridized carbons (Fsp3) is 0.700. The van der Waals surface area contributed by atoms with Gasteiger partial charge in [-0.2, -0.15) is 4.31 Å². The van der Waals surface area contributed by atoms with E-state index < -0.39 is 15.9 Å². The van der Waals surface area contributed by atoms with Crippen LogP contribution in [0.3, 0.4) is 0 Å². The molecule has 1 aromatic rings. The predicted octanol–water partition coefficient (Wildman–Crippen LogP) is -1.24. The molecule has 1 saturated heterocycles. The molecule has 1 fully saturated rings. The standard InChI is InChI=1S/C10H17BrN6O3S/c1-15-10(9(11)13-14-15)21(19,20)17-4-2-3-16(5-6-17)7-8(12)18/h2-7H2,1H3,(H2,12,18). The van der Waals surface area contributed by atoms with Crippen LogP contribution in [0.2, 0.25) is 0 Å². The van der Waals surface area contributed by atoms with Crippen LogP contribution < -0.4 is 5.73 Å². The van der Waals surface area contributed by atoms with Gasteiger partial charge in [0.25, 0.3) is 10.0 Å². The molecular weight excluding hydrogens is 364 g/mol. The van der Waals surface area contributed by atoms with Gasteiger partial charge < -0.3 is 5.73 Å². The summed E-state index contributed by atoms with van der Waals surface area (Å²) in [6.07, 6.45) is 0.634. The lowest BCUT2D eigenvalue weighted by atomic mass is 10.4. The van der Waals surface area contributed by atoms with Crippen molar-refractivity contribution >= 4 is 31.9 Å². The van der Waals surface area contributed by atoms with E-state index in [2.05, 4.69) is 26.2 Å². The molecule has 0 aliphatic carbocycles. The van der Waals surface area contributed by atoms with E-state index in [1.807, 2.05) is 4.90 Å². The van der Waals surface area contributed by atoms with Crippen molar-refractivity contribution in [1.29, 1.82) is 0 Å². The fourth-order valence-corrected chi connectivity index (χ4v) is 4.79. The zero-order valence-corrected chi connectivity index (χ0v) is 14.0. The minimum atomic E-state index is -3.67. The lowest BCUT2D eigenvalue weighted by Crippen LogP contribution is -2.38.